The number of carbonyl (C=O) groups excluding carboxylic acids is 1. The molecule has 3 nitrogen and oxygen atoms in total. The maximum atomic E-state index is 10.7. The molecule has 0 saturated heterocycles. The van der Waals surface area contributed by atoms with Gasteiger partial charge in [-0.2, -0.15) is 0 Å². The van der Waals surface area contributed by atoms with Crippen molar-refractivity contribution in [2.24, 2.45) is 0 Å². The molecule has 0 fully saturated rings. The Morgan fingerprint density at radius 3 is 3.13 bits per heavy atom. The zero-order valence-corrected chi connectivity index (χ0v) is 8.44. The maximum Gasteiger partial charge on any atom is 0.150 e. The van der Waals surface area contributed by atoms with Gasteiger partial charge in [-0.3, -0.25) is 4.79 Å². The minimum Gasteiger partial charge on any atom is -0.328 e. The Morgan fingerprint density at radius 1 is 1.33 bits per heavy atom. The lowest BCUT2D eigenvalue weighted by atomic mass is 10.1. The third kappa shape index (κ3) is 1.27. The normalized spacial score (nSPS) is 15.2. The van der Waals surface area contributed by atoms with E-state index in [0.29, 0.717) is 0 Å². The first-order chi connectivity index (χ1) is 7.38. The molecule has 1 aliphatic rings. The molecule has 0 aliphatic carbocycles. The first-order valence-electron chi connectivity index (χ1n) is 5.33. The highest BCUT2D eigenvalue weighted by atomic mass is 16.1. The number of rotatable bonds is 1. The summed E-state index contributed by atoms with van der Waals surface area (Å²) in [6.45, 7) is 1.04. The molecule has 3 heteroatoms. The molecule has 0 spiro atoms. The van der Waals surface area contributed by atoms with Gasteiger partial charge in [0.05, 0.1) is 11.0 Å². The minimum atomic E-state index is 0.732. The van der Waals surface area contributed by atoms with Crippen LogP contribution in [0.2, 0.25) is 0 Å². The van der Waals surface area contributed by atoms with Crippen LogP contribution in [0.3, 0.4) is 0 Å². The van der Waals surface area contributed by atoms with Gasteiger partial charge in [0.1, 0.15) is 12.1 Å². The molecule has 1 aromatic heterocycles. The average Bonchev–Trinajstić information content (AvgIpc) is 2.66. The summed E-state index contributed by atoms with van der Waals surface area (Å²) in [4.78, 5) is 15.3. The molecule has 1 aliphatic heterocycles. The fraction of sp³-hybridized carbons (Fsp3) is 0.333. The zero-order chi connectivity index (χ0) is 10.3. The van der Waals surface area contributed by atoms with E-state index in [1.54, 1.807) is 0 Å². The van der Waals surface area contributed by atoms with Crippen LogP contribution in [-0.4, -0.2) is 15.8 Å². The van der Waals surface area contributed by atoms with E-state index in [1.165, 1.54) is 18.7 Å². The number of hydrogen-bond donors (Lipinski definition) is 0. The van der Waals surface area contributed by atoms with Crippen molar-refractivity contribution in [1.82, 2.24) is 9.55 Å². The van der Waals surface area contributed by atoms with Gasteiger partial charge in [-0.05, 0) is 31.0 Å². The van der Waals surface area contributed by atoms with Crippen LogP contribution >= 0.6 is 0 Å². The van der Waals surface area contributed by atoms with Crippen LogP contribution in [0.15, 0.2) is 18.2 Å². The number of hydrogen-bond acceptors (Lipinski definition) is 2. The Morgan fingerprint density at radius 2 is 2.27 bits per heavy atom. The van der Waals surface area contributed by atoms with Gasteiger partial charge in [-0.1, -0.05) is 0 Å². The van der Waals surface area contributed by atoms with Crippen molar-refractivity contribution in [3.63, 3.8) is 0 Å². The van der Waals surface area contributed by atoms with Crippen molar-refractivity contribution in [3.05, 3.63) is 29.6 Å². The molecule has 2 heterocycles. The topological polar surface area (TPSA) is 34.9 Å². The highest BCUT2D eigenvalue weighted by Crippen LogP contribution is 2.22. The van der Waals surface area contributed by atoms with Gasteiger partial charge in [0.15, 0.2) is 0 Å². The Kier molecular flexibility index (Phi) is 1.84. The van der Waals surface area contributed by atoms with Crippen molar-refractivity contribution in [2.75, 3.05) is 0 Å². The lowest BCUT2D eigenvalue weighted by molar-refractivity contribution is 0.112. The Labute approximate surface area is 87.7 Å². The molecule has 0 radical (unpaired) electrons. The quantitative estimate of drug-likeness (QED) is 0.661. The van der Waals surface area contributed by atoms with E-state index in [1.807, 2.05) is 18.2 Å². The van der Waals surface area contributed by atoms with Gasteiger partial charge in [-0.25, -0.2) is 4.98 Å². The summed E-state index contributed by atoms with van der Waals surface area (Å²) in [6, 6.07) is 5.70. The molecule has 0 unspecified atom stereocenters. The van der Waals surface area contributed by atoms with E-state index in [9.17, 15) is 4.79 Å². The van der Waals surface area contributed by atoms with Gasteiger partial charge in [0, 0.05) is 18.5 Å². The maximum absolute atomic E-state index is 10.7. The first kappa shape index (κ1) is 8.65. The van der Waals surface area contributed by atoms with E-state index in [2.05, 4.69) is 9.55 Å². The van der Waals surface area contributed by atoms with Crippen LogP contribution in [0.1, 0.15) is 29.0 Å². The second-order valence-corrected chi connectivity index (χ2v) is 4.00. The summed E-state index contributed by atoms with van der Waals surface area (Å²) in [6.07, 6.45) is 4.39. The first-order valence-corrected chi connectivity index (χ1v) is 5.33. The number of benzene rings is 1. The largest absolute Gasteiger partial charge is 0.328 e. The summed E-state index contributed by atoms with van der Waals surface area (Å²) in [5, 5.41) is 0. The van der Waals surface area contributed by atoms with Gasteiger partial charge < -0.3 is 4.57 Å². The lowest BCUT2D eigenvalue weighted by Gasteiger charge is -2.13. The molecular weight excluding hydrogens is 188 g/mol. The third-order valence-electron chi connectivity index (χ3n) is 3.02. The predicted octanol–water partition coefficient (Wildman–Crippen LogP) is 2.19. The number of imidazole rings is 1. The van der Waals surface area contributed by atoms with E-state index < -0.39 is 0 Å². The Bertz CT molecular complexity index is 528. The predicted molar refractivity (Wildman–Crippen MR) is 58.1 cm³/mol. The van der Waals surface area contributed by atoms with Crippen LogP contribution < -0.4 is 0 Å². The van der Waals surface area contributed by atoms with E-state index in [4.69, 9.17) is 0 Å². The van der Waals surface area contributed by atoms with Crippen molar-refractivity contribution in [3.8, 4) is 0 Å². The molecule has 0 atom stereocenters. The Hall–Kier alpha value is -1.64. The van der Waals surface area contributed by atoms with Crippen molar-refractivity contribution in [2.45, 2.75) is 25.8 Å². The summed E-state index contributed by atoms with van der Waals surface area (Å²) in [5.41, 5.74) is 2.85. The van der Waals surface area contributed by atoms with Gasteiger partial charge in [0.25, 0.3) is 0 Å². The van der Waals surface area contributed by atoms with Crippen molar-refractivity contribution in [1.29, 1.82) is 0 Å². The molecule has 76 valence electrons. The molecular formula is C12H12N2O. The average molecular weight is 200 g/mol. The fourth-order valence-corrected chi connectivity index (χ4v) is 2.26. The van der Waals surface area contributed by atoms with Crippen LogP contribution in [0.25, 0.3) is 11.0 Å². The number of fused-ring (bicyclic) bond motifs is 3. The summed E-state index contributed by atoms with van der Waals surface area (Å²) in [7, 11) is 0. The smallest absolute Gasteiger partial charge is 0.150 e. The van der Waals surface area contributed by atoms with Gasteiger partial charge >= 0.3 is 0 Å². The molecule has 0 amide bonds. The molecule has 0 saturated carbocycles. The molecule has 0 N–H and O–H groups in total. The monoisotopic (exact) mass is 200 g/mol. The highest BCUT2D eigenvalue weighted by molar-refractivity contribution is 5.85. The third-order valence-corrected chi connectivity index (χ3v) is 3.02. The van der Waals surface area contributed by atoms with E-state index in [-0.39, 0.29) is 0 Å². The lowest BCUT2D eigenvalue weighted by Crippen LogP contribution is -2.10. The molecule has 2 aromatic rings. The van der Waals surface area contributed by atoms with E-state index in [0.717, 1.165) is 35.8 Å². The molecule has 0 bridgehead atoms. The number of aldehydes is 1. The van der Waals surface area contributed by atoms with Crippen LogP contribution in [0, 0.1) is 0 Å². The van der Waals surface area contributed by atoms with Crippen LogP contribution in [0.5, 0.6) is 0 Å². The molecule has 15 heavy (non-hydrogen) atoms. The molecule has 3 rings (SSSR count). The SMILES string of the molecule is O=Cc1ccc2nc3n(c2c1)CCCC3. The van der Waals surface area contributed by atoms with Gasteiger partial charge in [-0.15, -0.1) is 0 Å². The Balaban J connectivity index is 2.29. The van der Waals surface area contributed by atoms with Crippen molar-refractivity contribution >= 4 is 17.3 Å². The van der Waals surface area contributed by atoms with Crippen LogP contribution in [-0.2, 0) is 13.0 Å². The van der Waals surface area contributed by atoms with E-state index >= 15 is 0 Å². The summed E-state index contributed by atoms with van der Waals surface area (Å²) in [5.74, 6) is 1.17. The molecule has 1 aromatic carbocycles. The second kappa shape index (κ2) is 3.19. The number of aromatic nitrogens is 2. The summed E-state index contributed by atoms with van der Waals surface area (Å²) < 4.78 is 2.24. The number of carbonyl (C=O) groups is 1. The number of nitrogens with zero attached hydrogens (tertiary/aromatic N) is 2. The van der Waals surface area contributed by atoms with Crippen LogP contribution in [0.4, 0.5) is 0 Å². The van der Waals surface area contributed by atoms with Crippen molar-refractivity contribution < 1.29 is 4.79 Å². The zero-order valence-electron chi connectivity index (χ0n) is 8.44. The summed E-state index contributed by atoms with van der Waals surface area (Å²) >= 11 is 0. The standard InChI is InChI=1S/C12H12N2O/c15-8-9-4-5-10-11(7-9)14-6-2-1-3-12(14)13-10/h4-5,7-8H,1-3,6H2. The fourth-order valence-electron chi connectivity index (χ4n) is 2.26. The minimum absolute atomic E-state index is 0.732. The van der Waals surface area contributed by atoms with Gasteiger partial charge in [0.2, 0.25) is 0 Å². The number of aryl methyl sites for hydroxylation is 2. The highest BCUT2D eigenvalue weighted by Gasteiger charge is 2.14. The second-order valence-electron chi connectivity index (χ2n) is 4.00.